The molecule has 2 nitrogen and oxygen atoms in total. The van der Waals surface area contributed by atoms with E-state index in [2.05, 4.69) is 53.3 Å². The zero-order chi connectivity index (χ0) is 14.1. The molecular formula is C16H19BrN2S. The number of hydrogen-bond acceptors (Lipinski definition) is 3. The van der Waals surface area contributed by atoms with E-state index in [1.165, 1.54) is 34.5 Å². The molecule has 4 heteroatoms. The van der Waals surface area contributed by atoms with Crippen molar-refractivity contribution in [2.75, 3.05) is 0 Å². The van der Waals surface area contributed by atoms with Crippen molar-refractivity contribution in [3.63, 3.8) is 0 Å². The van der Waals surface area contributed by atoms with Gasteiger partial charge in [0.25, 0.3) is 0 Å². The van der Waals surface area contributed by atoms with Crippen LogP contribution in [0.15, 0.2) is 22.7 Å². The Morgan fingerprint density at radius 2 is 2.20 bits per heavy atom. The Labute approximate surface area is 132 Å². The van der Waals surface area contributed by atoms with E-state index in [0.29, 0.717) is 0 Å². The molecule has 1 aliphatic carbocycles. The average Bonchev–Trinajstić information content (AvgIpc) is 3.18. The maximum atomic E-state index is 4.83. The number of nitrogens with one attached hydrogen (secondary N) is 1. The Balaban J connectivity index is 1.86. The molecule has 0 spiro atoms. The number of aryl methyl sites for hydroxylation is 2. The van der Waals surface area contributed by atoms with Crippen molar-refractivity contribution in [1.29, 1.82) is 0 Å². The lowest BCUT2D eigenvalue weighted by Crippen LogP contribution is -2.15. The zero-order valence-corrected chi connectivity index (χ0v) is 14.3. The van der Waals surface area contributed by atoms with Crippen LogP contribution < -0.4 is 5.32 Å². The van der Waals surface area contributed by atoms with Gasteiger partial charge in [-0.1, -0.05) is 35.0 Å². The highest BCUT2D eigenvalue weighted by atomic mass is 79.9. The molecule has 1 saturated carbocycles. The van der Waals surface area contributed by atoms with Crippen LogP contribution in [0.2, 0.25) is 0 Å². The second kappa shape index (κ2) is 5.96. The molecule has 0 bridgehead atoms. The van der Waals surface area contributed by atoms with Gasteiger partial charge in [-0.2, -0.15) is 0 Å². The number of hydrogen-bond donors (Lipinski definition) is 1. The molecule has 0 atom stereocenters. The van der Waals surface area contributed by atoms with Crippen LogP contribution in [0.25, 0.3) is 10.6 Å². The van der Waals surface area contributed by atoms with Crippen LogP contribution >= 0.6 is 27.3 Å². The summed E-state index contributed by atoms with van der Waals surface area (Å²) in [5.74, 6) is 0. The lowest BCUT2D eigenvalue weighted by Gasteiger charge is -2.01. The monoisotopic (exact) mass is 350 g/mol. The molecule has 1 aromatic heterocycles. The van der Waals surface area contributed by atoms with E-state index in [4.69, 9.17) is 4.98 Å². The van der Waals surface area contributed by atoms with Crippen LogP contribution in [0.5, 0.6) is 0 Å². The van der Waals surface area contributed by atoms with Crippen molar-refractivity contribution < 1.29 is 0 Å². The highest BCUT2D eigenvalue weighted by molar-refractivity contribution is 9.10. The fraction of sp³-hybridized carbons (Fsp3) is 0.438. The Hall–Kier alpha value is -0.710. The van der Waals surface area contributed by atoms with E-state index >= 15 is 0 Å². The molecule has 3 rings (SSSR count). The predicted molar refractivity (Wildman–Crippen MR) is 89.2 cm³/mol. The highest BCUT2D eigenvalue weighted by Gasteiger charge is 2.21. The topological polar surface area (TPSA) is 24.9 Å². The molecule has 1 heterocycles. The molecule has 20 heavy (non-hydrogen) atoms. The van der Waals surface area contributed by atoms with Crippen LogP contribution in [0.4, 0.5) is 0 Å². The Morgan fingerprint density at radius 3 is 2.85 bits per heavy atom. The zero-order valence-electron chi connectivity index (χ0n) is 11.9. The predicted octanol–water partition coefficient (Wildman–Crippen LogP) is 4.70. The fourth-order valence-electron chi connectivity index (χ4n) is 2.17. The Morgan fingerprint density at radius 1 is 1.40 bits per heavy atom. The van der Waals surface area contributed by atoms with Crippen LogP contribution in [-0.2, 0) is 13.0 Å². The first kappa shape index (κ1) is 14.2. The summed E-state index contributed by atoms with van der Waals surface area (Å²) >= 11 is 5.44. The molecule has 2 aromatic rings. The summed E-state index contributed by atoms with van der Waals surface area (Å²) < 4.78 is 1.15. The minimum atomic E-state index is 0.749. The summed E-state index contributed by atoms with van der Waals surface area (Å²) in [6, 6.07) is 7.23. The average molecular weight is 351 g/mol. The summed E-state index contributed by atoms with van der Waals surface area (Å²) in [5, 5.41) is 4.73. The van der Waals surface area contributed by atoms with E-state index in [0.717, 1.165) is 28.5 Å². The third-order valence-electron chi connectivity index (χ3n) is 3.66. The molecule has 0 unspecified atom stereocenters. The Kier molecular flexibility index (Phi) is 4.24. The maximum Gasteiger partial charge on any atom is 0.123 e. The second-order valence-electron chi connectivity index (χ2n) is 5.36. The second-order valence-corrected chi connectivity index (χ2v) is 7.30. The van der Waals surface area contributed by atoms with Gasteiger partial charge in [-0.25, -0.2) is 4.98 Å². The molecule has 0 aliphatic heterocycles. The first-order valence-corrected chi connectivity index (χ1v) is 8.76. The van der Waals surface area contributed by atoms with Crippen molar-refractivity contribution in [2.45, 2.75) is 45.7 Å². The first-order valence-electron chi connectivity index (χ1n) is 7.16. The standard InChI is InChI=1S/C16H19BrN2S/c1-3-14-15(9-18-12-6-7-12)20-16(19-14)11-5-4-10(2)13(17)8-11/h4-5,8,12,18H,3,6-7,9H2,1-2H3. The van der Waals surface area contributed by atoms with Gasteiger partial charge in [-0.15, -0.1) is 11.3 Å². The van der Waals surface area contributed by atoms with Crippen LogP contribution in [-0.4, -0.2) is 11.0 Å². The number of benzene rings is 1. The van der Waals surface area contributed by atoms with E-state index in [1.807, 2.05) is 11.3 Å². The van der Waals surface area contributed by atoms with Crippen LogP contribution in [0.3, 0.4) is 0 Å². The smallest absolute Gasteiger partial charge is 0.123 e. The number of aromatic nitrogens is 1. The molecule has 1 N–H and O–H groups in total. The van der Waals surface area contributed by atoms with Gasteiger partial charge in [-0.3, -0.25) is 0 Å². The SMILES string of the molecule is CCc1nc(-c2ccc(C)c(Br)c2)sc1CNC1CC1. The van der Waals surface area contributed by atoms with E-state index in [1.54, 1.807) is 0 Å². The van der Waals surface area contributed by atoms with Crippen molar-refractivity contribution in [2.24, 2.45) is 0 Å². The van der Waals surface area contributed by atoms with Gasteiger partial charge in [0.05, 0.1) is 5.69 Å². The minimum absolute atomic E-state index is 0.749. The molecule has 1 aliphatic rings. The minimum Gasteiger partial charge on any atom is -0.309 e. The summed E-state index contributed by atoms with van der Waals surface area (Å²) in [6.07, 6.45) is 3.67. The third-order valence-corrected chi connectivity index (χ3v) is 5.66. The van der Waals surface area contributed by atoms with Gasteiger partial charge in [0.2, 0.25) is 0 Å². The summed E-state index contributed by atoms with van der Waals surface area (Å²) in [7, 11) is 0. The number of thiazole rings is 1. The third kappa shape index (κ3) is 3.13. The number of rotatable bonds is 5. The number of nitrogens with zero attached hydrogens (tertiary/aromatic N) is 1. The molecular weight excluding hydrogens is 332 g/mol. The van der Waals surface area contributed by atoms with Crippen molar-refractivity contribution >= 4 is 27.3 Å². The van der Waals surface area contributed by atoms with Gasteiger partial charge >= 0.3 is 0 Å². The lowest BCUT2D eigenvalue weighted by molar-refractivity contribution is 0.689. The lowest BCUT2D eigenvalue weighted by atomic mass is 10.1. The van der Waals surface area contributed by atoms with E-state index < -0.39 is 0 Å². The molecule has 0 saturated heterocycles. The quantitative estimate of drug-likeness (QED) is 0.845. The van der Waals surface area contributed by atoms with Gasteiger partial charge in [0.15, 0.2) is 0 Å². The van der Waals surface area contributed by atoms with Gasteiger partial charge < -0.3 is 5.32 Å². The van der Waals surface area contributed by atoms with Crippen molar-refractivity contribution in [3.05, 3.63) is 38.8 Å². The normalized spacial score (nSPS) is 14.8. The largest absolute Gasteiger partial charge is 0.309 e. The van der Waals surface area contributed by atoms with E-state index in [9.17, 15) is 0 Å². The fourth-order valence-corrected chi connectivity index (χ4v) is 3.65. The highest BCUT2D eigenvalue weighted by Crippen LogP contribution is 2.32. The van der Waals surface area contributed by atoms with Gasteiger partial charge in [0.1, 0.15) is 5.01 Å². The summed E-state index contributed by atoms with van der Waals surface area (Å²) in [5.41, 5.74) is 3.71. The first-order chi connectivity index (χ1) is 9.67. The van der Waals surface area contributed by atoms with Crippen LogP contribution in [0.1, 0.15) is 35.9 Å². The van der Waals surface area contributed by atoms with E-state index in [-0.39, 0.29) is 0 Å². The van der Waals surface area contributed by atoms with Gasteiger partial charge in [0, 0.05) is 27.5 Å². The molecule has 1 fully saturated rings. The molecule has 1 aromatic carbocycles. The van der Waals surface area contributed by atoms with Crippen molar-refractivity contribution in [1.82, 2.24) is 10.3 Å². The maximum absolute atomic E-state index is 4.83. The molecule has 106 valence electrons. The Bertz CT molecular complexity index is 617. The summed E-state index contributed by atoms with van der Waals surface area (Å²) in [6.45, 7) is 5.27. The summed E-state index contributed by atoms with van der Waals surface area (Å²) in [4.78, 5) is 6.22. The molecule has 0 amide bonds. The van der Waals surface area contributed by atoms with Gasteiger partial charge in [-0.05, 0) is 37.8 Å². The van der Waals surface area contributed by atoms with Crippen molar-refractivity contribution in [3.8, 4) is 10.6 Å². The molecule has 0 radical (unpaired) electrons. The van der Waals surface area contributed by atoms with Crippen LogP contribution in [0, 0.1) is 6.92 Å². The number of halogens is 1.